The summed E-state index contributed by atoms with van der Waals surface area (Å²) in [6.45, 7) is 15.6. The van der Waals surface area contributed by atoms with E-state index in [4.69, 9.17) is 22.3 Å². The van der Waals surface area contributed by atoms with E-state index in [1.165, 1.54) is 12.1 Å². The van der Waals surface area contributed by atoms with Crippen molar-refractivity contribution in [1.82, 2.24) is 20.6 Å². The Labute approximate surface area is 227 Å². The van der Waals surface area contributed by atoms with Gasteiger partial charge in [-0.1, -0.05) is 77.4 Å². The van der Waals surface area contributed by atoms with Gasteiger partial charge in [-0.25, -0.2) is 14.4 Å². The molecule has 204 valence electrons. The molecule has 0 fully saturated rings. The van der Waals surface area contributed by atoms with E-state index in [1.807, 2.05) is 27.9 Å². The third-order valence-electron chi connectivity index (χ3n) is 5.06. The van der Waals surface area contributed by atoms with Crippen LogP contribution in [0.1, 0.15) is 75.3 Å². The molecule has 0 aliphatic rings. The first-order chi connectivity index (χ1) is 17.7. The molecule has 1 amide bonds. The topological polar surface area (TPSA) is 92.9 Å². The fourth-order valence-electron chi connectivity index (χ4n) is 3.47. The molecular formula is C29H43ClFN5O. The fraction of sp³-hybridized carbons (Fsp3) is 0.414. The highest BCUT2D eigenvalue weighted by Gasteiger charge is 2.18. The van der Waals surface area contributed by atoms with Crippen molar-refractivity contribution in [3.63, 3.8) is 0 Å². The Morgan fingerprint density at radius 1 is 1.22 bits per heavy atom. The summed E-state index contributed by atoms with van der Waals surface area (Å²) in [5.74, 6) is -0.723. The molecule has 0 saturated heterocycles. The maximum absolute atomic E-state index is 14.8. The summed E-state index contributed by atoms with van der Waals surface area (Å²) in [4.78, 5) is 21.4. The molecule has 6 nitrogen and oxygen atoms in total. The largest absolute Gasteiger partial charge is 0.382 e. The zero-order valence-corrected chi connectivity index (χ0v) is 23.9. The van der Waals surface area contributed by atoms with Crippen LogP contribution in [-0.4, -0.2) is 36.5 Å². The van der Waals surface area contributed by atoms with Gasteiger partial charge < -0.3 is 16.4 Å². The molecule has 4 N–H and O–H groups in total. The summed E-state index contributed by atoms with van der Waals surface area (Å²) in [7, 11) is 3.75. The number of rotatable bonds is 11. The number of nitrogens with zero attached hydrogens (tertiary/aromatic N) is 2. The van der Waals surface area contributed by atoms with Crippen molar-refractivity contribution in [3.8, 4) is 11.3 Å². The van der Waals surface area contributed by atoms with Gasteiger partial charge in [0, 0.05) is 23.1 Å². The summed E-state index contributed by atoms with van der Waals surface area (Å²) in [6, 6.07) is 4.31. The van der Waals surface area contributed by atoms with Crippen molar-refractivity contribution >= 4 is 23.3 Å². The molecule has 0 atom stereocenters. The second-order valence-corrected chi connectivity index (χ2v) is 8.54. The molecule has 1 heterocycles. The summed E-state index contributed by atoms with van der Waals surface area (Å²) in [6.07, 6.45) is 8.89. The molecular weight excluding hydrogens is 489 g/mol. The third kappa shape index (κ3) is 11.7. The predicted molar refractivity (Wildman–Crippen MR) is 156 cm³/mol. The van der Waals surface area contributed by atoms with Crippen molar-refractivity contribution in [2.45, 2.75) is 59.3 Å². The lowest BCUT2D eigenvalue weighted by Gasteiger charge is -2.16. The van der Waals surface area contributed by atoms with Crippen LogP contribution in [0.5, 0.6) is 0 Å². The average Bonchev–Trinajstić information content (AvgIpc) is 2.88. The summed E-state index contributed by atoms with van der Waals surface area (Å²) in [5.41, 5.74) is 8.36. The normalized spacial score (nSPS) is 10.6. The first-order valence-corrected chi connectivity index (χ1v) is 13.1. The highest BCUT2D eigenvalue weighted by atomic mass is 35.5. The molecule has 0 saturated carbocycles. The lowest BCUT2D eigenvalue weighted by Crippen LogP contribution is -2.26. The number of nitrogens with one attached hydrogen (secondary N) is 2. The van der Waals surface area contributed by atoms with Crippen LogP contribution >= 0.6 is 11.6 Å². The van der Waals surface area contributed by atoms with E-state index in [9.17, 15) is 9.18 Å². The molecule has 37 heavy (non-hydrogen) atoms. The molecule has 0 unspecified atom stereocenters. The second kappa shape index (κ2) is 19.1. The van der Waals surface area contributed by atoms with Gasteiger partial charge in [-0.15, -0.1) is 0 Å². The Morgan fingerprint density at radius 2 is 1.81 bits per heavy atom. The standard InChI is InChI=1S/C25H30ClFN4O.C2H7N.C2H6/c1-5-8-18(9-6-2)22-15-29-24(28)23(31-22)19-10-11-20(21(27)13-19)25(32)30-14-17(7-3)12-16(4)26;1-3-2;1-2/h7,10-13,15,18H,3-6,8-9,14H2,1-2H3,(H2,28,29)(H,30,32);3H,1-2H3;1-2H3/b17-12+;;. The van der Waals surface area contributed by atoms with Gasteiger partial charge in [0.15, 0.2) is 0 Å². The number of halogens is 2. The Morgan fingerprint density at radius 3 is 2.30 bits per heavy atom. The third-order valence-corrected chi connectivity index (χ3v) is 5.17. The molecule has 0 bridgehead atoms. The van der Waals surface area contributed by atoms with Crippen LogP contribution in [0.4, 0.5) is 10.2 Å². The number of hydrogen-bond acceptors (Lipinski definition) is 5. The predicted octanol–water partition coefficient (Wildman–Crippen LogP) is 7.01. The minimum atomic E-state index is -0.670. The van der Waals surface area contributed by atoms with Gasteiger partial charge in [0.05, 0.1) is 17.5 Å². The average molecular weight is 532 g/mol. The molecule has 0 radical (unpaired) electrons. The Kier molecular flexibility index (Phi) is 17.6. The summed E-state index contributed by atoms with van der Waals surface area (Å²) >= 11 is 5.75. The SMILES string of the molecule is C=C/C(=C\C(=C)Cl)CNC(=O)c1ccc(-c2nc(C(CCC)CCC)cnc2N)cc1F.CC.CNC. The van der Waals surface area contributed by atoms with Crippen molar-refractivity contribution in [2.75, 3.05) is 26.4 Å². The second-order valence-electron chi connectivity index (χ2n) is 8.05. The zero-order valence-electron chi connectivity index (χ0n) is 23.1. The zero-order chi connectivity index (χ0) is 28.4. The van der Waals surface area contributed by atoms with Crippen molar-refractivity contribution < 1.29 is 9.18 Å². The number of nitrogen functional groups attached to an aromatic ring is 1. The Hall–Kier alpha value is -3.03. The Balaban J connectivity index is 0.00000241. The van der Waals surface area contributed by atoms with Crippen molar-refractivity contribution in [3.05, 3.63) is 77.4 Å². The maximum atomic E-state index is 14.8. The number of carbonyl (C=O) groups is 1. The summed E-state index contributed by atoms with van der Waals surface area (Å²) < 4.78 is 14.8. The molecule has 1 aromatic heterocycles. The molecule has 0 aliphatic carbocycles. The number of amides is 1. The van der Waals surface area contributed by atoms with E-state index >= 15 is 0 Å². The van der Waals surface area contributed by atoms with Crippen LogP contribution in [0.2, 0.25) is 0 Å². The minimum absolute atomic E-state index is 0.0839. The number of nitrogens with two attached hydrogens (primary N) is 1. The lowest BCUT2D eigenvalue weighted by atomic mass is 9.95. The van der Waals surface area contributed by atoms with E-state index in [-0.39, 0.29) is 23.8 Å². The monoisotopic (exact) mass is 531 g/mol. The first-order valence-electron chi connectivity index (χ1n) is 12.7. The molecule has 2 rings (SSSR count). The number of benzene rings is 1. The molecule has 1 aromatic carbocycles. The number of hydrogen-bond donors (Lipinski definition) is 3. The molecule has 8 heteroatoms. The van der Waals surface area contributed by atoms with Gasteiger partial charge in [-0.2, -0.15) is 0 Å². The molecule has 0 spiro atoms. The van der Waals surface area contributed by atoms with Crippen LogP contribution in [0.3, 0.4) is 0 Å². The van der Waals surface area contributed by atoms with Gasteiger partial charge in [0.25, 0.3) is 5.91 Å². The van der Waals surface area contributed by atoms with Crippen LogP contribution < -0.4 is 16.4 Å². The van der Waals surface area contributed by atoms with Crippen LogP contribution in [0, 0.1) is 5.82 Å². The van der Waals surface area contributed by atoms with Crippen LogP contribution in [-0.2, 0) is 0 Å². The first kappa shape index (κ1) is 34.0. The van der Waals surface area contributed by atoms with Gasteiger partial charge >= 0.3 is 0 Å². The van der Waals surface area contributed by atoms with Crippen LogP contribution in [0.25, 0.3) is 11.3 Å². The maximum Gasteiger partial charge on any atom is 0.254 e. The van der Waals surface area contributed by atoms with Gasteiger partial charge in [-0.3, -0.25) is 4.79 Å². The lowest BCUT2D eigenvalue weighted by molar-refractivity contribution is 0.0953. The van der Waals surface area contributed by atoms with E-state index in [0.29, 0.717) is 21.9 Å². The highest BCUT2D eigenvalue weighted by Crippen LogP contribution is 2.29. The van der Waals surface area contributed by atoms with Crippen molar-refractivity contribution in [1.29, 1.82) is 0 Å². The smallest absolute Gasteiger partial charge is 0.254 e. The van der Waals surface area contributed by atoms with E-state index in [2.05, 4.69) is 42.6 Å². The minimum Gasteiger partial charge on any atom is -0.382 e. The quantitative estimate of drug-likeness (QED) is 0.271. The number of anilines is 1. The molecule has 0 aliphatic heterocycles. The fourth-order valence-corrected chi connectivity index (χ4v) is 3.61. The van der Waals surface area contributed by atoms with Gasteiger partial charge in [0.1, 0.15) is 17.3 Å². The van der Waals surface area contributed by atoms with E-state index in [0.717, 1.165) is 31.4 Å². The van der Waals surface area contributed by atoms with Crippen LogP contribution in [0.15, 0.2) is 60.3 Å². The van der Waals surface area contributed by atoms with Crippen molar-refractivity contribution in [2.24, 2.45) is 0 Å². The van der Waals surface area contributed by atoms with Gasteiger partial charge in [0.2, 0.25) is 0 Å². The number of carbonyl (C=O) groups excluding carboxylic acids is 1. The van der Waals surface area contributed by atoms with E-state index < -0.39 is 11.7 Å². The summed E-state index contributed by atoms with van der Waals surface area (Å²) in [5, 5.41) is 5.71. The number of aromatic nitrogens is 2. The highest BCUT2D eigenvalue weighted by molar-refractivity contribution is 6.30. The van der Waals surface area contributed by atoms with Gasteiger partial charge in [-0.05, 0) is 50.7 Å². The number of allylic oxidation sites excluding steroid dienone is 2. The molecule has 2 aromatic rings. The van der Waals surface area contributed by atoms with E-state index in [1.54, 1.807) is 24.4 Å². The Bertz CT molecular complexity index is 1030.